The van der Waals surface area contributed by atoms with Gasteiger partial charge in [0.25, 0.3) is 0 Å². The van der Waals surface area contributed by atoms with Gasteiger partial charge in [0.2, 0.25) is 0 Å². The van der Waals surface area contributed by atoms with Crippen LogP contribution in [-0.4, -0.2) is 28.2 Å². The molecular formula is C13H16N2O3S. The number of carbonyl (C=O) groups is 2. The Bertz CT molecular complexity index is 613. The number of rotatable bonds is 5. The highest BCUT2D eigenvalue weighted by Gasteiger charge is 2.17. The van der Waals surface area contributed by atoms with Crippen LogP contribution in [0.25, 0.3) is 4.96 Å². The Morgan fingerprint density at radius 2 is 2.32 bits per heavy atom. The average Bonchev–Trinajstić information content (AvgIpc) is 2.85. The number of aromatic nitrogens is 2. The molecule has 2 heterocycles. The van der Waals surface area contributed by atoms with Crippen molar-refractivity contribution in [1.82, 2.24) is 9.38 Å². The van der Waals surface area contributed by atoms with Gasteiger partial charge in [-0.05, 0) is 12.8 Å². The fourth-order valence-electron chi connectivity index (χ4n) is 1.90. The normalized spacial score (nSPS) is 11.2. The van der Waals surface area contributed by atoms with Gasteiger partial charge in [-0.1, -0.05) is 13.8 Å². The summed E-state index contributed by atoms with van der Waals surface area (Å²) in [5.41, 5.74) is 1.36. The van der Waals surface area contributed by atoms with Crippen molar-refractivity contribution in [2.75, 3.05) is 6.61 Å². The van der Waals surface area contributed by atoms with Gasteiger partial charge >= 0.3 is 5.97 Å². The van der Waals surface area contributed by atoms with Crippen molar-refractivity contribution in [3.63, 3.8) is 0 Å². The molecule has 0 amide bonds. The molecule has 0 spiro atoms. The first kappa shape index (κ1) is 13.7. The number of esters is 1. The number of carbonyl (C=O) groups excluding carboxylic acids is 2. The fourth-order valence-corrected chi connectivity index (χ4v) is 2.88. The number of ether oxygens (including phenoxy) is 1. The topological polar surface area (TPSA) is 60.7 Å². The Labute approximate surface area is 115 Å². The fraction of sp³-hybridized carbons (Fsp3) is 0.462. The van der Waals surface area contributed by atoms with Crippen LogP contribution >= 0.6 is 11.3 Å². The highest BCUT2D eigenvalue weighted by atomic mass is 32.1. The molecule has 0 unspecified atom stereocenters. The van der Waals surface area contributed by atoms with E-state index in [2.05, 4.69) is 4.98 Å². The van der Waals surface area contributed by atoms with Gasteiger partial charge < -0.3 is 4.74 Å². The number of fused-ring (bicyclic) bond motifs is 1. The van der Waals surface area contributed by atoms with Crippen LogP contribution in [0, 0.1) is 0 Å². The van der Waals surface area contributed by atoms with Crippen LogP contribution in [0.1, 0.15) is 47.7 Å². The minimum Gasteiger partial charge on any atom is -0.466 e. The summed E-state index contributed by atoms with van der Waals surface area (Å²) in [6, 6.07) is 0. The summed E-state index contributed by atoms with van der Waals surface area (Å²) in [5.74, 6) is -0.0652. The van der Waals surface area contributed by atoms with E-state index >= 15 is 0 Å². The lowest BCUT2D eigenvalue weighted by Gasteiger charge is -2.00. The average molecular weight is 280 g/mol. The molecule has 6 heteroatoms. The predicted molar refractivity (Wildman–Crippen MR) is 72.9 cm³/mol. The molecule has 5 nitrogen and oxygen atoms in total. The Kier molecular flexibility index (Phi) is 3.99. The molecule has 0 saturated heterocycles. The monoisotopic (exact) mass is 280 g/mol. The molecule has 2 aromatic heterocycles. The van der Waals surface area contributed by atoms with Crippen LogP contribution in [0.5, 0.6) is 0 Å². The zero-order valence-corrected chi connectivity index (χ0v) is 12.0. The molecule has 0 aliphatic heterocycles. The van der Waals surface area contributed by atoms with E-state index in [1.54, 1.807) is 17.5 Å². The van der Waals surface area contributed by atoms with Crippen molar-refractivity contribution >= 4 is 28.6 Å². The highest BCUT2D eigenvalue weighted by molar-refractivity contribution is 7.17. The second-order valence-electron chi connectivity index (χ2n) is 4.49. The summed E-state index contributed by atoms with van der Waals surface area (Å²) in [5, 5.41) is 0. The molecule has 2 aromatic rings. The summed E-state index contributed by atoms with van der Waals surface area (Å²) in [6.07, 6.45) is 2.83. The molecule has 0 aromatic carbocycles. The molecule has 0 saturated carbocycles. The van der Waals surface area contributed by atoms with Crippen molar-refractivity contribution in [2.45, 2.75) is 33.1 Å². The van der Waals surface area contributed by atoms with E-state index < -0.39 is 0 Å². The van der Waals surface area contributed by atoms with Gasteiger partial charge in [-0.15, -0.1) is 11.3 Å². The second-order valence-corrected chi connectivity index (χ2v) is 5.58. The number of thiazole rings is 1. The minimum absolute atomic E-state index is 0.195. The maximum absolute atomic E-state index is 11.4. The Hall–Kier alpha value is -1.69. The zero-order chi connectivity index (χ0) is 14.0. The van der Waals surface area contributed by atoms with E-state index in [1.807, 2.05) is 13.8 Å². The van der Waals surface area contributed by atoms with Crippen LogP contribution in [0.2, 0.25) is 0 Å². The molecule has 19 heavy (non-hydrogen) atoms. The van der Waals surface area contributed by atoms with Crippen LogP contribution in [0.15, 0.2) is 6.20 Å². The number of nitrogens with zero attached hydrogens (tertiary/aromatic N) is 2. The van der Waals surface area contributed by atoms with Crippen LogP contribution in [0.4, 0.5) is 0 Å². The summed E-state index contributed by atoms with van der Waals surface area (Å²) in [4.78, 5) is 28.7. The van der Waals surface area contributed by atoms with Crippen molar-refractivity contribution in [2.24, 2.45) is 0 Å². The molecule has 0 atom stereocenters. The largest absolute Gasteiger partial charge is 0.466 e. The molecule has 0 radical (unpaired) electrons. The van der Waals surface area contributed by atoms with Gasteiger partial charge in [0.05, 0.1) is 18.7 Å². The Morgan fingerprint density at radius 1 is 1.58 bits per heavy atom. The van der Waals surface area contributed by atoms with Crippen molar-refractivity contribution < 1.29 is 14.3 Å². The smallest absolute Gasteiger partial charge is 0.311 e. The van der Waals surface area contributed by atoms with Gasteiger partial charge in [-0.3, -0.25) is 14.0 Å². The first-order valence-corrected chi connectivity index (χ1v) is 6.99. The van der Waals surface area contributed by atoms with Gasteiger partial charge in [0.1, 0.15) is 5.69 Å². The summed E-state index contributed by atoms with van der Waals surface area (Å²) >= 11 is 1.41. The van der Waals surface area contributed by atoms with E-state index in [1.165, 1.54) is 11.3 Å². The molecular weight excluding hydrogens is 264 g/mol. The van der Waals surface area contributed by atoms with Crippen molar-refractivity contribution in [3.05, 3.63) is 22.5 Å². The lowest BCUT2D eigenvalue weighted by Crippen LogP contribution is -2.06. The first-order chi connectivity index (χ1) is 9.06. The Balaban J connectivity index is 2.34. The van der Waals surface area contributed by atoms with E-state index in [0.29, 0.717) is 12.3 Å². The molecule has 0 bridgehead atoms. The van der Waals surface area contributed by atoms with Crippen LogP contribution in [0.3, 0.4) is 0 Å². The first-order valence-electron chi connectivity index (χ1n) is 6.18. The predicted octanol–water partition coefficient (Wildman–Crippen LogP) is 2.44. The van der Waals surface area contributed by atoms with Gasteiger partial charge in [0, 0.05) is 11.1 Å². The van der Waals surface area contributed by atoms with Crippen LogP contribution in [-0.2, 0) is 16.0 Å². The summed E-state index contributed by atoms with van der Waals surface area (Å²) < 4.78 is 6.66. The van der Waals surface area contributed by atoms with Crippen molar-refractivity contribution in [3.8, 4) is 0 Å². The molecule has 0 aliphatic rings. The quantitative estimate of drug-likeness (QED) is 0.623. The molecule has 102 valence electrons. The maximum atomic E-state index is 11.4. The van der Waals surface area contributed by atoms with E-state index in [9.17, 15) is 9.59 Å². The number of imidazole rings is 1. The highest BCUT2D eigenvalue weighted by Crippen LogP contribution is 2.25. The SMILES string of the molecule is CCOC(=O)Cc1cn2c(C=O)c(C(C)C)nc2s1. The third kappa shape index (κ3) is 2.68. The zero-order valence-electron chi connectivity index (χ0n) is 11.2. The van der Waals surface area contributed by atoms with Crippen molar-refractivity contribution in [1.29, 1.82) is 0 Å². The second kappa shape index (κ2) is 5.52. The lowest BCUT2D eigenvalue weighted by atomic mass is 10.1. The standard InChI is InChI=1S/C13H16N2O3S/c1-4-18-11(17)5-9-6-15-10(7-16)12(8(2)3)14-13(15)19-9/h6-8H,4-5H2,1-3H3. The maximum Gasteiger partial charge on any atom is 0.311 e. The third-order valence-corrected chi connectivity index (χ3v) is 3.70. The third-order valence-electron chi connectivity index (χ3n) is 2.72. The summed E-state index contributed by atoms with van der Waals surface area (Å²) in [6.45, 7) is 6.15. The summed E-state index contributed by atoms with van der Waals surface area (Å²) in [7, 11) is 0. The van der Waals surface area contributed by atoms with E-state index in [4.69, 9.17) is 4.74 Å². The molecule has 2 rings (SSSR count). The molecule has 0 N–H and O–H groups in total. The van der Waals surface area contributed by atoms with Gasteiger partial charge in [0.15, 0.2) is 11.2 Å². The number of aldehydes is 1. The van der Waals surface area contributed by atoms with Crippen LogP contribution < -0.4 is 0 Å². The minimum atomic E-state index is -0.260. The van der Waals surface area contributed by atoms with Gasteiger partial charge in [-0.25, -0.2) is 4.98 Å². The van der Waals surface area contributed by atoms with Gasteiger partial charge in [-0.2, -0.15) is 0 Å². The Morgan fingerprint density at radius 3 is 2.89 bits per heavy atom. The van der Waals surface area contributed by atoms with E-state index in [0.717, 1.165) is 21.8 Å². The number of hydrogen-bond acceptors (Lipinski definition) is 5. The molecule has 0 aliphatic carbocycles. The lowest BCUT2D eigenvalue weighted by molar-refractivity contribution is -0.142. The van der Waals surface area contributed by atoms with E-state index in [-0.39, 0.29) is 18.3 Å². The molecule has 0 fully saturated rings. The number of hydrogen-bond donors (Lipinski definition) is 0.